The van der Waals surface area contributed by atoms with Gasteiger partial charge in [0.15, 0.2) is 0 Å². The number of hydrogen-bond acceptors (Lipinski definition) is 9. The van der Waals surface area contributed by atoms with E-state index in [1.807, 2.05) is 0 Å². The van der Waals surface area contributed by atoms with E-state index in [2.05, 4.69) is 17.9 Å². The maximum Gasteiger partial charge on any atom is 0.408 e. The van der Waals surface area contributed by atoms with Crippen molar-refractivity contribution in [1.29, 1.82) is 0 Å². The maximum atomic E-state index is 12.1. The van der Waals surface area contributed by atoms with Crippen LogP contribution in [0.4, 0.5) is 16.2 Å². The summed E-state index contributed by atoms with van der Waals surface area (Å²) in [6.45, 7) is -0.290. The number of amides is 1. The second-order valence-electron chi connectivity index (χ2n) is 5.91. The predicted molar refractivity (Wildman–Crippen MR) is 107 cm³/mol. The number of nitro groups is 2. The van der Waals surface area contributed by atoms with Gasteiger partial charge in [-0.1, -0.05) is 0 Å². The monoisotopic (exact) mass is 435 g/mol. The lowest BCUT2D eigenvalue weighted by molar-refractivity contribution is -0.385. The number of carbonyl (C=O) groups excluding carboxylic acids is 2. The van der Waals surface area contributed by atoms with E-state index in [0.717, 1.165) is 0 Å². The highest BCUT2D eigenvalue weighted by Gasteiger charge is 2.22. The quantitative estimate of drug-likeness (QED) is 0.264. The summed E-state index contributed by atoms with van der Waals surface area (Å²) in [5, 5.41) is 23.6. The lowest BCUT2D eigenvalue weighted by Gasteiger charge is -2.15. The third kappa shape index (κ3) is 6.74. The van der Waals surface area contributed by atoms with Crippen molar-refractivity contribution in [2.45, 2.75) is 19.3 Å². The van der Waals surface area contributed by atoms with E-state index in [9.17, 15) is 29.8 Å². The number of hydrogen-bond donors (Lipinski definition) is 2. The zero-order chi connectivity index (χ0) is 22.1. The van der Waals surface area contributed by atoms with Crippen LogP contribution >= 0.6 is 12.6 Å². The molecule has 0 heterocycles. The zero-order valence-corrected chi connectivity index (χ0v) is 16.3. The van der Waals surface area contributed by atoms with Crippen molar-refractivity contribution in [3.8, 4) is 0 Å². The van der Waals surface area contributed by atoms with Crippen molar-refractivity contribution in [3.05, 3.63) is 79.9 Å². The molecule has 1 amide bonds. The number of nitrogens with zero attached hydrogens (tertiary/aromatic N) is 2. The molecular weight excluding hydrogens is 418 g/mol. The number of nitro benzene ring substituents is 2. The highest BCUT2D eigenvalue weighted by Crippen LogP contribution is 2.14. The molecule has 1 unspecified atom stereocenters. The van der Waals surface area contributed by atoms with Crippen molar-refractivity contribution in [2.75, 3.05) is 5.75 Å². The SMILES string of the molecule is O=C(NC(CS)C(=O)OCc1ccc([N+](=O)[O-])cc1)OCc1ccc([N+](=O)[O-])cc1. The van der Waals surface area contributed by atoms with E-state index in [1.54, 1.807) is 0 Å². The minimum Gasteiger partial charge on any atom is -0.459 e. The van der Waals surface area contributed by atoms with Gasteiger partial charge in [-0.05, 0) is 35.4 Å². The van der Waals surface area contributed by atoms with E-state index in [-0.39, 0.29) is 30.3 Å². The summed E-state index contributed by atoms with van der Waals surface area (Å²) in [5.74, 6) is -0.804. The topological polar surface area (TPSA) is 151 Å². The summed E-state index contributed by atoms with van der Waals surface area (Å²) in [4.78, 5) is 44.2. The van der Waals surface area contributed by atoms with Gasteiger partial charge >= 0.3 is 12.1 Å². The molecule has 1 atom stereocenters. The first-order valence-corrected chi connectivity index (χ1v) is 9.11. The molecule has 2 aromatic rings. The number of benzene rings is 2. The highest BCUT2D eigenvalue weighted by atomic mass is 32.1. The Morgan fingerprint density at radius 2 is 1.30 bits per heavy atom. The van der Waals surface area contributed by atoms with Gasteiger partial charge in [-0.2, -0.15) is 12.6 Å². The summed E-state index contributed by atoms with van der Waals surface area (Å²) in [6.07, 6.45) is -0.889. The van der Waals surface area contributed by atoms with Gasteiger partial charge in [0.05, 0.1) is 9.85 Å². The highest BCUT2D eigenvalue weighted by molar-refractivity contribution is 7.80. The van der Waals surface area contributed by atoms with Crippen LogP contribution in [-0.4, -0.2) is 33.7 Å². The first-order valence-electron chi connectivity index (χ1n) is 8.47. The molecule has 11 nitrogen and oxygen atoms in total. The van der Waals surface area contributed by atoms with Gasteiger partial charge in [0.25, 0.3) is 11.4 Å². The molecule has 0 fully saturated rings. The van der Waals surface area contributed by atoms with Gasteiger partial charge in [-0.15, -0.1) is 0 Å². The number of thiol groups is 1. The molecule has 0 bridgehead atoms. The molecular formula is C18H17N3O8S. The fourth-order valence-electron chi connectivity index (χ4n) is 2.19. The molecule has 12 heteroatoms. The Kier molecular flexibility index (Phi) is 8.11. The third-order valence-corrected chi connectivity index (χ3v) is 4.17. The average Bonchev–Trinajstić information content (AvgIpc) is 2.74. The Bertz CT molecular complexity index is 918. The first kappa shape index (κ1) is 22.6. The van der Waals surface area contributed by atoms with Gasteiger partial charge in [0, 0.05) is 30.0 Å². The number of nitrogens with one attached hydrogen (secondary N) is 1. The number of rotatable bonds is 9. The number of esters is 1. The van der Waals surface area contributed by atoms with Crippen LogP contribution in [0.2, 0.25) is 0 Å². The molecule has 0 saturated heterocycles. The van der Waals surface area contributed by atoms with Crippen LogP contribution in [0.3, 0.4) is 0 Å². The van der Waals surface area contributed by atoms with Crippen LogP contribution in [-0.2, 0) is 27.5 Å². The Balaban J connectivity index is 1.81. The fraction of sp³-hybridized carbons (Fsp3) is 0.222. The Labute approximate surface area is 175 Å². The minimum absolute atomic E-state index is 0.0499. The summed E-state index contributed by atoms with van der Waals surface area (Å²) >= 11 is 4.00. The summed E-state index contributed by atoms with van der Waals surface area (Å²) in [6, 6.07) is 9.85. The van der Waals surface area contributed by atoms with Crippen molar-refractivity contribution in [1.82, 2.24) is 5.32 Å². The Hall–Kier alpha value is -3.67. The van der Waals surface area contributed by atoms with Gasteiger partial charge in [0.2, 0.25) is 0 Å². The number of ether oxygens (including phenoxy) is 2. The molecule has 0 aliphatic rings. The van der Waals surface area contributed by atoms with Gasteiger partial charge in [0.1, 0.15) is 19.3 Å². The fourth-order valence-corrected chi connectivity index (χ4v) is 2.44. The van der Waals surface area contributed by atoms with Crippen LogP contribution in [0.5, 0.6) is 0 Å². The first-order chi connectivity index (χ1) is 14.3. The van der Waals surface area contributed by atoms with Crippen LogP contribution in [0, 0.1) is 20.2 Å². The van der Waals surface area contributed by atoms with Crippen LogP contribution in [0.25, 0.3) is 0 Å². The summed E-state index contributed by atoms with van der Waals surface area (Å²) < 4.78 is 10.1. The minimum atomic E-state index is -1.07. The molecule has 1 N–H and O–H groups in total. The molecule has 0 aliphatic carbocycles. The predicted octanol–water partition coefficient (Wildman–Crippen LogP) is 2.77. The van der Waals surface area contributed by atoms with Crippen molar-refractivity contribution in [2.24, 2.45) is 0 Å². The second-order valence-corrected chi connectivity index (χ2v) is 6.28. The lowest BCUT2D eigenvalue weighted by atomic mass is 10.2. The lowest BCUT2D eigenvalue weighted by Crippen LogP contribution is -2.43. The standard InChI is InChI=1S/C18H17N3O8S/c22-17(28-9-12-1-5-14(6-2-12)20(24)25)16(11-30)19-18(23)29-10-13-3-7-15(8-4-13)21(26)27/h1-8,16,30H,9-11H2,(H,19,23). The van der Waals surface area contributed by atoms with E-state index in [0.29, 0.717) is 11.1 Å². The number of non-ortho nitro benzene ring substituents is 2. The molecule has 0 saturated carbocycles. The van der Waals surface area contributed by atoms with Crippen molar-refractivity contribution < 1.29 is 28.9 Å². The molecule has 0 aromatic heterocycles. The molecule has 158 valence electrons. The van der Waals surface area contributed by atoms with E-state index >= 15 is 0 Å². The van der Waals surface area contributed by atoms with Crippen LogP contribution in [0.1, 0.15) is 11.1 Å². The summed E-state index contributed by atoms with van der Waals surface area (Å²) in [7, 11) is 0. The zero-order valence-electron chi connectivity index (χ0n) is 15.4. The summed E-state index contributed by atoms with van der Waals surface area (Å²) in [5.41, 5.74) is 0.886. The average molecular weight is 435 g/mol. The van der Waals surface area contributed by atoms with Crippen LogP contribution in [0.15, 0.2) is 48.5 Å². The van der Waals surface area contributed by atoms with Gasteiger partial charge in [-0.3, -0.25) is 20.2 Å². The number of carbonyl (C=O) groups is 2. The molecule has 2 rings (SSSR count). The van der Waals surface area contributed by atoms with Crippen molar-refractivity contribution >= 4 is 36.1 Å². The normalized spacial score (nSPS) is 11.2. The Morgan fingerprint density at radius 1 is 0.867 bits per heavy atom. The molecule has 0 spiro atoms. The second kappa shape index (κ2) is 10.8. The molecule has 30 heavy (non-hydrogen) atoms. The molecule has 2 aromatic carbocycles. The van der Waals surface area contributed by atoms with Crippen molar-refractivity contribution in [3.63, 3.8) is 0 Å². The number of alkyl carbamates (subject to hydrolysis) is 1. The van der Waals surface area contributed by atoms with Crippen LogP contribution < -0.4 is 5.32 Å². The molecule has 0 radical (unpaired) electrons. The largest absolute Gasteiger partial charge is 0.459 e. The van der Waals surface area contributed by atoms with E-state index in [4.69, 9.17) is 9.47 Å². The molecule has 0 aliphatic heterocycles. The van der Waals surface area contributed by atoms with Gasteiger partial charge in [-0.25, -0.2) is 9.59 Å². The maximum absolute atomic E-state index is 12.1. The van der Waals surface area contributed by atoms with E-state index in [1.165, 1.54) is 48.5 Å². The Morgan fingerprint density at radius 3 is 1.70 bits per heavy atom. The third-order valence-electron chi connectivity index (χ3n) is 3.80. The smallest absolute Gasteiger partial charge is 0.408 e. The van der Waals surface area contributed by atoms with E-state index < -0.39 is 28.0 Å². The van der Waals surface area contributed by atoms with Gasteiger partial charge < -0.3 is 14.8 Å².